The lowest BCUT2D eigenvalue weighted by atomic mass is 10.1. The lowest BCUT2D eigenvalue weighted by Gasteiger charge is -2.09. The van der Waals surface area contributed by atoms with Gasteiger partial charge in [-0.2, -0.15) is 0 Å². The van der Waals surface area contributed by atoms with Gasteiger partial charge in [-0.25, -0.2) is 0 Å². The van der Waals surface area contributed by atoms with Gasteiger partial charge in [-0.1, -0.05) is 18.2 Å². The number of hydrogen-bond acceptors (Lipinski definition) is 3. The zero-order chi connectivity index (χ0) is 13.1. The first-order valence-electron chi connectivity index (χ1n) is 6.83. The van der Waals surface area contributed by atoms with Crippen molar-refractivity contribution in [3.8, 4) is 0 Å². The molecule has 0 saturated carbocycles. The van der Waals surface area contributed by atoms with Crippen molar-refractivity contribution in [2.24, 2.45) is 0 Å². The largest absolute Gasteiger partial charge is 0.451 e. The first-order chi connectivity index (χ1) is 9.33. The van der Waals surface area contributed by atoms with Gasteiger partial charge in [-0.05, 0) is 37.9 Å². The smallest absolute Gasteiger partial charge is 0.287 e. The van der Waals surface area contributed by atoms with Crippen LogP contribution >= 0.6 is 0 Å². The fourth-order valence-electron chi connectivity index (χ4n) is 2.54. The molecule has 1 aromatic carbocycles. The molecule has 1 amide bonds. The monoisotopic (exact) mass is 258 g/mol. The predicted octanol–water partition coefficient (Wildman–Crippen LogP) is 2.30. The van der Waals surface area contributed by atoms with Crippen molar-refractivity contribution in [2.45, 2.75) is 25.3 Å². The molecule has 1 aromatic heterocycles. The molecule has 0 bridgehead atoms. The van der Waals surface area contributed by atoms with Crippen molar-refractivity contribution in [1.29, 1.82) is 0 Å². The quantitative estimate of drug-likeness (QED) is 0.884. The SMILES string of the molecule is O=C(NCCC1CCCN1)c1cc2ccccc2o1. The molecule has 1 atom stereocenters. The van der Waals surface area contributed by atoms with Gasteiger partial charge in [0.05, 0.1) is 0 Å². The number of furan rings is 1. The molecule has 1 aliphatic heterocycles. The van der Waals surface area contributed by atoms with Gasteiger partial charge >= 0.3 is 0 Å². The fourth-order valence-corrected chi connectivity index (χ4v) is 2.54. The highest BCUT2D eigenvalue weighted by atomic mass is 16.3. The minimum Gasteiger partial charge on any atom is -0.451 e. The highest BCUT2D eigenvalue weighted by Gasteiger charge is 2.15. The van der Waals surface area contributed by atoms with Gasteiger partial charge in [0, 0.05) is 18.0 Å². The zero-order valence-electron chi connectivity index (χ0n) is 10.8. The lowest BCUT2D eigenvalue weighted by molar-refractivity contribution is 0.0927. The van der Waals surface area contributed by atoms with E-state index in [9.17, 15) is 4.79 Å². The van der Waals surface area contributed by atoms with Crippen LogP contribution in [0, 0.1) is 0 Å². The molecule has 100 valence electrons. The summed E-state index contributed by atoms with van der Waals surface area (Å²) in [5, 5.41) is 7.29. The van der Waals surface area contributed by atoms with Crippen LogP contribution in [0.5, 0.6) is 0 Å². The summed E-state index contributed by atoms with van der Waals surface area (Å²) >= 11 is 0. The second-order valence-electron chi connectivity index (χ2n) is 4.99. The second kappa shape index (κ2) is 5.45. The van der Waals surface area contributed by atoms with E-state index in [1.807, 2.05) is 24.3 Å². The highest BCUT2D eigenvalue weighted by molar-refractivity contribution is 5.95. The Labute approximate surface area is 112 Å². The number of carbonyl (C=O) groups is 1. The van der Waals surface area contributed by atoms with Crippen molar-refractivity contribution in [3.63, 3.8) is 0 Å². The molecule has 1 aliphatic rings. The molecule has 1 saturated heterocycles. The Hall–Kier alpha value is -1.81. The summed E-state index contributed by atoms with van der Waals surface area (Å²) in [6.07, 6.45) is 3.43. The molecular weight excluding hydrogens is 240 g/mol. The van der Waals surface area contributed by atoms with Crippen LogP contribution in [0.15, 0.2) is 34.7 Å². The van der Waals surface area contributed by atoms with Gasteiger partial charge in [0.25, 0.3) is 5.91 Å². The zero-order valence-corrected chi connectivity index (χ0v) is 10.8. The Bertz CT molecular complexity index is 537. The number of amides is 1. The first kappa shape index (κ1) is 12.2. The third-order valence-corrected chi connectivity index (χ3v) is 3.59. The first-order valence-corrected chi connectivity index (χ1v) is 6.83. The minimum absolute atomic E-state index is 0.130. The van der Waals surface area contributed by atoms with Gasteiger partial charge in [0.2, 0.25) is 0 Å². The van der Waals surface area contributed by atoms with E-state index in [4.69, 9.17) is 4.42 Å². The van der Waals surface area contributed by atoms with Gasteiger partial charge < -0.3 is 15.1 Å². The summed E-state index contributed by atoms with van der Waals surface area (Å²) in [6.45, 7) is 1.79. The Balaban J connectivity index is 1.57. The molecule has 0 radical (unpaired) electrons. The average Bonchev–Trinajstić information content (AvgIpc) is 3.07. The summed E-state index contributed by atoms with van der Waals surface area (Å²) in [4.78, 5) is 12.0. The highest BCUT2D eigenvalue weighted by Crippen LogP contribution is 2.18. The fraction of sp³-hybridized carbons (Fsp3) is 0.400. The molecule has 0 aliphatic carbocycles. The van der Waals surface area contributed by atoms with E-state index in [2.05, 4.69) is 10.6 Å². The van der Waals surface area contributed by atoms with Crippen LogP contribution in [0.4, 0.5) is 0 Å². The third kappa shape index (κ3) is 2.79. The molecule has 1 unspecified atom stereocenters. The van der Waals surface area contributed by atoms with Crippen molar-refractivity contribution >= 4 is 16.9 Å². The van der Waals surface area contributed by atoms with Crippen molar-refractivity contribution < 1.29 is 9.21 Å². The number of benzene rings is 1. The summed E-state index contributed by atoms with van der Waals surface area (Å²) in [6, 6.07) is 9.99. The van der Waals surface area contributed by atoms with Crippen LogP contribution in [-0.4, -0.2) is 25.0 Å². The van der Waals surface area contributed by atoms with E-state index < -0.39 is 0 Å². The molecule has 4 nitrogen and oxygen atoms in total. The Morgan fingerprint density at radius 3 is 3.11 bits per heavy atom. The number of rotatable bonds is 4. The van der Waals surface area contributed by atoms with Crippen LogP contribution in [-0.2, 0) is 0 Å². The minimum atomic E-state index is -0.130. The Morgan fingerprint density at radius 1 is 1.42 bits per heavy atom. The number of para-hydroxylation sites is 1. The Kier molecular flexibility index (Phi) is 3.51. The van der Waals surface area contributed by atoms with Gasteiger partial charge in [-0.3, -0.25) is 4.79 Å². The topological polar surface area (TPSA) is 54.3 Å². The van der Waals surface area contributed by atoms with E-state index in [0.717, 1.165) is 23.9 Å². The summed E-state index contributed by atoms with van der Waals surface area (Å²) in [7, 11) is 0. The summed E-state index contributed by atoms with van der Waals surface area (Å²) in [5.41, 5.74) is 0.755. The van der Waals surface area contributed by atoms with Gasteiger partial charge in [0.15, 0.2) is 5.76 Å². The van der Waals surface area contributed by atoms with E-state index >= 15 is 0 Å². The van der Waals surface area contributed by atoms with E-state index in [0.29, 0.717) is 18.3 Å². The van der Waals surface area contributed by atoms with E-state index in [-0.39, 0.29) is 5.91 Å². The van der Waals surface area contributed by atoms with Gasteiger partial charge in [0.1, 0.15) is 5.58 Å². The van der Waals surface area contributed by atoms with Crippen LogP contribution in [0.25, 0.3) is 11.0 Å². The van der Waals surface area contributed by atoms with Crippen LogP contribution in [0.3, 0.4) is 0 Å². The van der Waals surface area contributed by atoms with Crippen molar-refractivity contribution in [3.05, 3.63) is 36.1 Å². The molecule has 19 heavy (non-hydrogen) atoms. The van der Waals surface area contributed by atoms with Crippen molar-refractivity contribution in [2.75, 3.05) is 13.1 Å². The Morgan fingerprint density at radius 2 is 2.32 bits per heavy atom. The van der Waals surface area contributed by atoms with Crippen LogP contribution in [0.2, 0.25) is 0 Å². The van der Waals surface area contributed by atoms with Crippen LogP contribution in [0.1, 0.15) is 29.8 Å². The standard InChI is InChI=1S/C15H18N2O2/c18-15(17-9-7-12-5-3-8-16-12)14-10-11-4-1-2-6-13(11)19-14/h1-2,4,6,10,12,16H,3,5,7-9H2,(H,17,18). The number of carbonyl (C=O) groups excluding carboxylic acids is 1. The van der Waals surface area contributed by atoms with Gasteiger partial charge in [-0.15, -0.1) is 0 Å². The summed E-state index contributed by atoms with van der Waals surface area (Å²) < 4.78 is 5.52. The number of fused-ring (bicyclic) bond motifs is 1. The molecule has 1 fully saturated rings. The van der Waals surface area contributed by atoms with E-state index in [1.165, 1.54) is 12.8 Å². The molecule has 0 spiro atoms. The maximum atomic E-state index is 12.0. The predicted molar refractivity (Wildman–Crippen MR) is 74.2 cm³/mol. The van der Waals surface area contributed by atoms with Crippen LogP contribution < -0.4 is 10.6 Å². The van der Waals surface area contributed by atoms with Crippen molar-refractivity contribution in [1.82, 2.24) is 10.6 Å². The third-order valence-electron chi connectivity index (χ3n) is 3.59. The maximum Gasteiger partial charge on any atom is 0.287 e. The molecular formula is C15H18N2O2. The lowest BCUT2D eigenvalue weighted by Crippen LogP contribution is -2.30. The molecule has 3 rings (SSSR count). The molecule has 2 N–H and O–H groups in total. The maximum absolute atomic E-state index is 12.0. The van der Waals surface area contributed by atoms with E-state index in [1.54, 1.807) is 6.07 Å². The summed E-state index contributed by atoms with van der Waals surface area (Å²) in [5.74, 6) is 0.259. The average molecular weight is 258 g/mol. The second-order valence-corrected chi connectivity index (χ2v) is 4.99. The molecule has 2 aromatic rings. The molecule has 2 heterocycles. The normalized spacial score (nSPS) is 18.8. The number of nitrogens with one attached hydrogen (secondary N) is 2. The molecule has 4 heteroatoms. The number of hydrogen-bond donors (Lipinski definition) is 2.